The van der Waals surface area contributed by atoms with E-state index in [1.54, 1.807) is 54.6 Å². The predicted molar refractivity (Wildman–Crippen MR) is 178 cm³/mol. The molecule has 0 aromatic heterocycles. The van der Waals surface area contributed by atoms with Gasteiger partial charge in [-0.05, 0) is 71.8 Å². The first kappa shape index (κ1) is 34.8. The maximum absolute atomic E-state index is 13.6. The van der Waals surface area contributed by atoms with E-state index in [4.69, 9.17) is 4.74 Å². The number of carboxylic acids is 1. The minimum absolute atomic E-state index is 0.0166. The van der Waals surface area contributed by atoms with Crippen molar-refractivity contribution in [3.63, 3.8) is 0 Å². The van der Waals surface area contributed by atoms with E-state index in [-0.39, 0.29) is 30.5 Å². The predicted octanol–water partition coefficient (Wildman–Crippen LogP) is 4.52. The fourth-order valence-electron chi connectivity index (χ4n) is 5.17. The van der Waals surface area contributed by atoms with Crippen LogP contribution in [0.25, 0.3) is 0 Å². The molecule has 5 rings (SSSR count). The molecule has 3 N–H and O–H groups in total. The molecule has 3 atom stereocenters. The number of halogens is 2. The van der Waals surface area contributed by atoms with Crippen LogP contribution in [0, 0.1) is 11.6 Å². The van der Waals surface area contributed by atoms with Crippen molar-refractivity contribution in [1.82, 2.24) is 10.6 Å². The number of hydrogen-bond donors (Lipinski definition) is 3. The summed E-state index contributed by atoms with van der Waals surface area (Å²) < 4.78 is 32.5. The van der Waals surface area contributed by atoms with E-state index in [1.807, 2.05) is 0 Å². The molecule has 1 aliphatic heterocycles. The lowest BCUT2D eigenvalue weighted by atomic mass is 9.92. The number of β-lactam (4-membered cyclic amide) rings is 1. The maximum Gasteiger partial charge on any atom is 0.312 e. The van der Waals surface area contributed by atoms with Gasteiger partial charge in [0.1, 0.15) is 22.6 Å². The van der Waals surface area contributed by atoms with Gasteiger partial charge in [-0.1, -0.05) is 42.5 Å². The quantitative estimate of drug-likeness (QED) is 0.122. The van der Waals surface area contributed by atoms with Crippen LogP contribution in [0.4, 0.5) is 14.5 Å². The summed E-state index contributed by atoms with van der Waals surface area (Å²) in [6.45, 7) is -0.923. The number of nitrogens with zero attached hydrogens (tertiary/aromatic N) is 1. The number of aliphatic carboxylic acids is 1. The van der Waals surface area contributed by atoms with E-state index in [9.17, 15) is 37.9 Å². The zero-order chi connectivity index (χ0) is 34.9. The van der Waals surface area contributed by atoms with E-state index >= 15 is 0 Å². The number of carbonyl (C=O) groups is 5. The van der Waals surface area contributed by atoms with Gasteiger partial charge in [0, 0.05) is 17.8 Å². The molecule has 0 bridgehead atoms. The third kappa shape index (κ3) is 8.87. The molecule has 1 heterocycles. The summed E-state index contributed by atoms with van der Waals surface area (Å²) in [5.74, 6) is -4.28. The molecular formula is C36H31F2N3O7S. The third-order valence-electron chi connectivity index (χ3n) is 7.75. The summed E-state index contributed by atoms with van der Waals surface area (Å²) in [6, 6.07) is 25.3. The molecule has 13 heteroatoms. The fraction of sp³-hybridized carbons (Fsp3) is 0.194. The van der Waals surface area contributed by atoms with Crippen LogP contribution in [-0.2, 0) is 19.2 Å². The Kier molecular flexibility index (Phi) is 11.4. The van der Waals surface area contributed by atoms with Crippen molar-refractivity contribution < 1.29 is 42.6 Å². The Balaban J connectivity index is 1.15. The number of hydrogen-bond acceptors (Lipinski definition) is 7. The lowest BCUT2D eigenvalue weighted by Gasteiger charge is -2.47. The van der Waals surface area contributed by atoms with Crippen molar-refractivity contribution in [2.24, 2.45) is 0 Å². The molecule has 0 saturated carbocycles. The Hall–Kier alpha value is -5.56. The highest BCUT2D eigenvalue weighted by Gasteiger charge is 2.49. The molecule has 1 aliphatic rings. The minimum atomic E-state index is -1.09. The molecule has 4 aromatic rings. The fourth-order valence-corrected chi connectivity index (χ4v) is 6.39. The van der Waals surface area contributed by atoms with Gasteiger partial charge in [-0.15, -0.1) is 11.8 Å². The van der Waals surface area contributed by atoms with Crippen molar-refractivity contribution in [3.05, 3.63) is 131 Å². The zero-order valence-corrected chi connectivity index (χ0v) is 26.7. The van der Waals surface area contributed by atoms with Crippen LogP contribution < -0.4 is 20.3 Å². The Bertz CT molecular complexity index is 1810. The molecule has 252 valence electrons. The molecule has 4 aromatic carbocycles. The summed E-state index contributed by atoms with van der Waals surface area (Å²) >= 11 is 1.16. The van der Waals surface area contributed by atoms with E-state index < -0.39 is 53.2 Å². The SMILES string of the molecule is O=C(CNC(=O)COc1ccc(C2C(SCC(=O)c3ccc(F)cc3)C(=O)N2c2ccc(F)cc2)cc1)NC[C@@H](C(=O)O)c1ccccc1. The van der Waals surface area contributed by atoms with Gasteiger partial charge in [0.2, 0.25) is 11.8 Å². The molecule has 0 spiro atoms. The lowest BCUT2D eigenvalue weighted by Crippen LogP contribution is -2.57. The second kappa shape index (κ2) is 16.0. The number of carbonyl (C=O) groups excluding carboxylic acids is 4. The number of Topliss-reactive ketones (excluding diaryl/α,β-unsaturated/α-hetero) is 1. The number of benzene rings is 4. The minimum Gasteiger partial charge on any atom is -0.484 e. The van der Waals surface area contributed by atoms with Crippen molar-refractivity contribution >= 4 is 46.9 Å². The second-order valence-electron chi connectivity index (χ2n) is 11.0. The third-order valence-corrected chi connectivity index (χ3v) is 9.00. The van der Waals surface area contributed by atoms with Gasteiger partial charge in [-0.2, -0.15) is 0 Å². The van der Waals surface area contributed by atoms with Gasteiger partial charge in [0.15, 0.2) is 12.4 Å². The molecule has 10 nitrogen and oxygen atoms in total. The Morgan fingerprint density at radius 1 is 0.816 bits per heavy atom. The zero-order valence-electron chi connectivity index (χ0n) is 25.9. The number of nitrogens with one attached hydrogen (secondary N) is 2. The topological polar surface area (TPSA) is 142 Å². The molecule has 1 saturated heterocycles. The monoisotopic (exact) mass is 687 g/mol. The lowest BCUT2D eigenvalue weighted by molar-refractivity contribution is -0.139. The van der Waals surface area contributed by atoms with Crippen LogP contribution in [0.5, 0.6) is 5.75 Å². The van der Waals surface area contributed by atoms with Crippen LogP contribution in [0.2, 0.25) is 0 Å². The number of thioether (sulfide) groups is 1. The summed E-state index contributed by atoms with van der Waals surface area (Å²) in [7, 11) is 0. The molecule has 49 heavy (non-hydrogen) atoms. The number of anilines is 1. The largest absolute Gasteiger partial charge is 0.484 e. The Morgan fingerprint density at radius 2 is 1.45 bits per heavy atom. The normalized spacial score (nSPS) is 15.9. The molecule has 0 radical (unpaired) electrons. The highest BCUT2D eigenvalue weighted by atomic mass is 32.2. The molecule has 1 fully saturated rings. The van der Waals surface area contributed by atoms with Gasteiger partial charge in [-0.25, -0.2) is 8.78 Å². The first-order valence-electron chi connectivity index (χ1n) is 15.1. The summed E-state index contributed by atoms with van der Waals surface area (Å²) in [6.07, 6.45) is 0. The van der Waals surface area contributed by atoms with Crippen LogP contribution in [0.15, 0.2) is 103 Å². The van der Waals surface area contributed by atoms with Crippen LogP contribution in [-0.4, -0.2) is 65.3 Å². The number of amides is 3. The van der Waals surface area contributed by atoms with Crippen molar-refractivity contribution in [1.29, 1.82) is 0 Å². The number of carboxylic acid groups (broad SMARTS) is 1. The van der Waals surface area contributed by atoms with Gasteiger partial charge in [0.25, 0.3) is 5.91 Å². The summed E-state index contributed by atoms with van der Waals surface area (Å²) in [4.78, 5) is 63.7. The Morgan fingerprint density at radius 3 is 2.08 bits per heavy atom. The maximum atomic E-state index is 13.6. The van der Waals surface area contributed by atoms with Crippen molar-refractivity contribution in [2.45, 2.75) is 17.2 Å². The summed E-state index contributed by atoms with van der Waals surface area (Å²) in [5, 5.41) is 13.8. The standard InChI is InChI=1S/C36H31F2N3O7S/c37-25-10-6-23(7-11-25)30(42)21-49-34-33(41(35(34)45)27-14-12-26(38)13-15-27)24-8-16-28(17-9-24)48-20-32(44)40-19-31(43)39-18-29(36(46)47)22-4-2-1-3-5-22/h1-17,29,33-34H,18-21H2,(H,39,43)(H,40,44)(H,46,47)/t29-,33?,34?/m1/s1. The number of rotatable bonds is 15. The van der Waals surface area contributed by atoms with Crippen LogP contribution in [0.3, 0.4) is 0 Å². The van der Waals surface area contributed by atoms with E-state index in [0.717, 1.165) is 11.8 Å². The second-order valence-corrected chi connectivity index (χ2v) is 12.2. The Labute approximate surface area is 284 Å². The molecule has 0 aliphatic carbocycles. The molecule has 3 amide bonds. The smallest absolute Gasteiger partial charge is 0.312 e. The number of ketones is 1. The van der Waals surface area contributed by atoms with Crippen LogP contribution >= 0.6 is 11.8 Å². The average Bonchev–Trinajstić information content (AvgIpc) is 3.10. The van der Waals surface area contributed by atoms with E-state index in [2.05, 4.69) is 10.6 Å². The highest BCUT2D eigenvalue weighted by Crippen LogP contribution is 2.45. The van der Waals surface area contributed by atoms with Gasteiger partial charge < -0.3 is 25.4 Å². The first-order chi connectivity index (χ1) is 23.6. The van der Waals surface area contributed by atoms with Gasteiger partial charge in [-0.3, -0.25) is 24.0 Å². The van der Waals surface area contributed by atoms with Crippen molar-refractivity contribution in [3.8, 4) is 5.75 Å². The van der Waals surface area contributed by atoms with Gasteiger partial charge in [0.05, 0.1) is 24.3 Å². The average molecular weight is 688 g/mol. The molecular weight excluding hydrogens is 656 g/mol. The molecule has 2 unspecified atom stereocenters. The number of ether oxygens (including phenoxy) is 1. The van der Waals surface area contributed by atoms with Crippen LogP contribution in [0.1, 0.15) is 33.4 Å². The first-order valence-corrected chi connectivity index (χ1v) is 16.2. The highest BCUT2D eigenvalue weighted by molar-refractivity contribution is 8.01. The van der Waals surface area contributed by atoms with E-state index in [0.29, 0.717) is 28.1 Å². The van der Waals surface area contributed by atoms with Crippen molar-refractivity contribution in [2.75, 3.05) is 30.3 Å². The van der Waals surface area contributed by atoms with Gasteiger partial charge >= 0.3 is 5.97 Å². The van der Waals surface area contributed by atoms with E-state index in [1.165, 1.54) is 53.4 Å². The summed E-state index contributed by atoms with van der Waals surface area (Å²) in [5.41, 5.74) is 2.06.